The summed E-state index contributed by atoms with van der Waals surface area (Å²) < 4.78 is 11.2. The van der Waals surface area contributed by atoms with Gasteiger partial charge < -0.3 is 25.0 Å². The Balaban J connectivity index is 1.53. The molecule has 0 spiro atoms. The summed E-state index contributed by atoms with van der Waals surface area (Å²) in [4.78, 5) is 44.8. The molecule has 0 radical (unpaired) electrons. The zero-order valence-electron chi connectivity index (χ0n) is 22.6. The SMILES string of the molecule is CC(=O)NC1=Nc2cc(OCCCC(=O)NC3CNCCN3C)ccc2CN1CC(=O)OCC(C)(C)C. The molecule has 1 saturated heterocycles. The number of aliphatic imine (C=N–C) groups is 1. The third-order valence-corrected chi connectivity index (χ3v) is 5.87. The van der Waals surface area contributed by atoms with E-state index in [1.807, 2.05) is 40.0 Å². The van der Waals surface area contributed by atoms with Crippen molar-refractivity contribution in [1.29, 1.82) is 0 Å². The van der Waals surface area contributed by atoms with Crippen LogP contribution in [0.3, 0.4) is 0 Å². The first-order valence-corrected chi connectivity index (χ1v) is 12.7. The third kappa shape index (κ3) is 9.32. The summed E-state index contributed by atoms with van der Waals surface area (Å²) in [5.41, 5.74) is 1.42. The summed E-state index contributed by atoms with van der Waals surface area (Å²) in [6, 6.07) is 5.54. The number of hydrogen-bond donors (Lipinski definition) is 3. The fourth-order valence-corrected chi connectivity index (χ4v) is 3.88. The van der Waals surface area contributed by atoms with Crippen LogP contribution in [0.5, 0.6) is 5.75 Å². The van der Waals surface area contributed by atoms with Gasteiger partial charge in [-0.3, -0.25) is 24.6 Å². The van der Waals surface area contributed by atoms with Crippen molar-refractivity contribution in [3.63, 3.8) is 0 Å². The van der Waals surface area contributed by atoms with Crippen molar-refractivity contribution in [3.05, 3.63) is 23.8 Å². The molecule has 1 aromatic carbocycles. The number of carbonyl (C=O) groups is 3. The number of nitrogens with one attached hydrogen (secondary N) is 3. The van der Waals surface area contributed by atoms with Gasteiger partial charge in [-0.25, -0.2) is 4.99 Å². The molecule has 3 N–H and O–H groups in total. The van der Waals surface area contributed by atoms with Gasteiger partial charge in [-0.05, 0) is 30.5 Å². The fraction of sp³-hybridized carbons (Fsp3) is 0.615. The normalized spacial score (nSPS) is 17.9. The average Bonchev–Trinajstić information content (AvgIpc) is 2.81. The van der Waals surface area contributed by atoms with Gasteiger partial charge in [0.15, 0.2) is 0 Å². The molecule has 204 valence electrons. The molecule has 1 aromatic rings. The second kappa shape index (κ2) is 12.9. The Morgan fingerprint density at radius 3 is 2.73 bits per heavy atom. The Labute approximate surface area is 218 Å². The van der Waals surface area contributed by atoms with E-state index in [0.717, 1.165) is 25.2 Å². The molecule has 2 aliphatic rings. The number of likely N-dealkylation sites (N-methyl/N-ethyl adjacent to an activating group) is 1. The number of hydrogen-bond acceptors (Lipinski definition) is 9. The molecule has 0 saturated carbocycles. The van der Waals surface area contributed by atoms with Crippen molar-refractivity contribution >= 4 is 29.4 Å². The summed E-state index contributed by atoms with van der Waals surface area (Å²) in [6.45, 7) is 11.0. The van der Waals surface area contributed by atoms with Gasteiger partial charge in [0, 0.05) is 45.6 Å². The second-order valence-electron chi connectivity index (χ2n) is 10.7. The van der Waals surface area contributed by atoms with Crippen LogP contribution in [0.1, 0.15) is 46.1 Å². The summed E-state index contributed by atoms with van der Waals surface area (Å²) in [5.74, 6) is 0.256. The lowest BCUT2D eigenvalue weighted by Gasteiger charge is -2.33. The molecule has 0 bridgehead atoms. The molecule has 0 aliphatic carbocycles. The van der Waals surface area contributed by atoms with Crippen LogP contribution in [0.15, 0.2) is 23.2 Å². The van der Waals surface area contributed by atoms with E-state index < -0.39 is 0 Å². The lowest BCUT2D eigenvalue weighted by Crippen LogP contribution is -2.57. The predicted octanol–water partition coefficient (Wildman–Crippen LogP) is 1.35. The van der Waals surface area contributed by atoms with Gasteiger partial charge in [0.1, 0.15) is 12.3 Å². The van der Waals surface area contributed by atoms with Crippen molar-refractivity contribution < 1.29 is 23.9 Å². The van der Waals surface area contributed by atoms with E-state index in [-0.39, 0.29) is 35.9 Å². The van der Waals surface area contributed by atoms with Crippen LogP contribution in [-0.2, 0) is 25.7 Å². The molecule has 1 unspecified atom stereocenters. The molecule has 3 rings (SSSR count). The Hall–Kier alpha value is -3.18. The van der Waals surface area contributed by atoms with E-state index in [4.69, 9.17) is 9.47 Å². The lowest BCUT2D eigenvalue weighted by molar-refractivity contribution is -0.147. The quantitative estimate of drug-likeness (QED) is 0.332. The molecule has 2 amide bonds. The van der Waals surface area contributed by atoms with Gasteiger partial charge in [-0.2, -0.15) is 0 Å². The zero-order valence-corrected chi connectivity index (χ0v) is 22.6. The standard InChI is InChI=1S/C26H40N6O5/c1-18(33)28-25-29-21-13-20(36-12-6-7-23(34)30-22-14-27-10-11-31(22)5)9-8-19(21)15-32(25)16-24(35)37-17-26(2,3)4/h8-9,13,22,27H,6-7,10-12,14-17H2,1-5H3,(H,30,34)(H,28,29,33). The summed E-state index contributed by atoms with van der Waals surface area (Å²) in [7, 11) is 2.00. The van der Waals surface area contributed by atoms with E-state index in [1.165, 1.54) is 6.92 Å². The molecule has 2 aliphatic heterocycles. The highest BCUT2D eigenvalue weighted by Crippen LogP contribution is 2.30. The van der Waals surface area contributed by atoms with Gasteiger partial charge in [0.2, 0.25) is 17.8 Å². The number of amides is 2. The van der Waals surface area contributed by atoms with Crippen molar-refractivity contribution in [1.82, 2.24) is 25.8 Å². The maximum Gasteiger partial charge on any atom is 0.325 e. The van der Waals surface area contributed by atoms with Crippen molar-refractivity contribution in [2.24, 2.45) is 10.4 Å². The maximum absolute atomic E-state index is 12.4. The lowest BCUT2D eigenvalue weighted by atomic mass is 9.99. The van der Waals surface area contributed by atoms with Gasteiger partial charge in [-0.1, -0.05) is 26.8 Å². The molecule has 1 fully saturated rings. The number of benzene rings is 1. The molecular weight excluding hydrogens is 476 g/mol. The van der Waals surface area contributed by atoms with Crippen LogP contribution in [0.25, 0.3) is 0 Å². The van der Waals surface area contributed by atoms with Crippen LogP contribution in [0.4, 0.5) is 5.69 Å². The number of guanidine groups is 1. The smallest absolute Gasteiger partial charge is 0.325 e. The Kier molecular flexibility index (Phi) is 9.87. The first-order chi connectivity index (χ1) is 17.5. The van der Waals surface area contributed by atoms with Crippen LogP contribution in [-0.4, -0.2) is 86.1 Å². The number of ether oxygens (including phenoxy) is 2. The van der Waals surface area contributed by atoms with E-state index >= 15 is 0 Å². The minimum absolute atomic E-state index is 0.000239. The Morgan fingerprint density at radius 1 is 1.24 bits per heavy atom. The van der Waals surface area contributed by atoms with Crippen LogP contribution in [0.2, 0.25) is 0 Å². The minimum atomic E-state index is -0.383. The van der Waals surface area contributed by atoms with Gasteiger partial charge in [0.25, 0.3) is 0 Å². The maximum atomic E-state index is 12.4. The second-order valence-corrected chi connectivity index (χ2v) is 10.7. The highest BCUT2D eigenvalue weighted by atomic mass is 16.5. The minimum Gasteiger partial charge on any atom is -0.494 e. The molecule has 11 heteroatoms. The van der Waals surface area contributed by atoms with Gasteiger partial charge in [0.05, 0.1) is 25.1 Å². The summed E-state index contributed by atoms with van der Waals surface area (Å²) >= 11 is 0. The Morgan fingerprint density at radius 2 is 2.03 bits per heavy atom. The highest BCUT2D eigenvalue weighted by molar-refractivity contribution is 5.99. The third-order valence-electron chi connectivity index (χ3n) is 5.87. The largest absolute Gasteiger partial charge is 0.494 e. The zero-order chi connectivity index (χ0) is 27.0. The molecule has 37 heavy (non-hydrogen) atoms. The highest BCUT2D eigenvalue weighted by Gasteiger charge is 2.25. The molecule has 1 atom stereocenters. The first kappa shape index (κ1) is 28.4. The fourth-order valence-electron chi connectivity index (χ4n) is 3.88. The molecule has 2 heterocycles. The molecule has 0 aromatic heterocycles. The number of fused-ring (bicyclic) bond motifs is 1. The van der Waals surface area contributed by atoms with Gasteiger partial charge >= 0.3 is 5.97 Å². The van der Waals surface area contributed by atoms with E-state index in [1.54, 1.807) is 11.0 Å². The summed E-state index contributed by atoms with van der Waals surface area (Å²) in [5, 5.41) is 9.03. The molecule has 11 nitrogen and oxygen atoms in total. The number of esters is 1. The number of nitrogens with zero attached hydrogens (tertiary/aromatic N) is 3. The van der Waals surface area contributed by atoms with Crippen molar-refractivity contribution in [3.8, 4) is 5.75 Å². The topological polar surface area (TPSA) is 125 Å². The van der Waals surface area contributed by atoms with Crippen LogP contribution in [0, 0.1) is 5.41 Å². The summed E-state index contributed by atoms with van der Waals surface area (Å²) in [6.07, 6.45) is 0.969. The number of rotatable bonds is 9. The predicted molar refractivity (Wildman–Crippen MR) is 140 cm³/mol. The average molecular weight is 517 g/mol. The van der Waals surface area contributed by atoms with Crippen LogP contribution >= 0.6 is 0 Å². The van der Waals surface area contributed by atoms with Crippen molar-refractivity contribution in [2.75, 3.05) is 46.4 Å². The van der Waals surface area contributed by atoms with E-state index in [9.17, 15) is 14.4 Å². The number of carbonyl (C=O) groups excluding carboxylic acids is 3. The van der Waals surface area contributed by atoms with E-state index in [0.29, 0.717) is 50.0 Å². The monoisotopic (exact) mass is 516 g/mol. The van der Waals surface area contributed by atoms with Crippen molar-refractivity contribution in [2.45, 2.75) is 53.2 Å². The Bertz CT molecular complexity index is 1010. The molecular formula is C26H40N6O5. The van der Waals surface area contributed by atoms with Gasteiger partial charge in [-0.15, -0.1) is 0 Å². The first-order valence-electron chi connectivity index (χ1n) is 12.7. The number of piperazine rings is 1. The van der Waals surface area contributed by atoms with E-state index in [2.05, 4.69) is 25.8 Å². The van der Waals surface area contributed by atoms with Crippen LogP contribution < -0.4 is 20.7 Å².